The smallest absolute Gasteiger partial charge is 0.226 e. The average molecular weight is 395 g/mol. The molecule has 0 aromatic heterocycles. The first-order chi connectivity index (χ1) is 14.1. The number of para-hydroxylation sites is 1. The van der Waals surface area contributed by atoms with E-state index in [-0.39, 0.29) is 5.91 Å². The number of amides is 1. The largest absolute Gasteiger partial charge is 0.385 e. The van der Waals surface area contributed by atoms with Gasteiger partial charge in [-0.3, -0.25) is 4.79 Å². The summed E-state index contributed by atoms with van der Waals surface area (Å²) in [5, 5.41) is 6.50. The lowest BCUT2D eigenvalue weighted by Crippen LogP contribution is -2.44. The summed E-state index contributed by atoms with van der Waals surface area (Å²) >= 11 is 0. The van der Waals surface area contributed by atoms with Crippen LogP contribution in [0.5, 0.6) is 0 Å². The number of hydrogen-bond donors (Lipinski definition) is 2. The van der Waals surface area contributed by atoms with Crippen LogP contribution in [0.3, 0.4) is 0 Å². The molecule has 1 heterocycles. The molecule has 1 saturated heterocycles. The molecule has 1 fully saturated rings. The molecule has 29 heavy (non-hydrogen) atoms. The van der Waals surface area contributed by atoms with Crippen LogP contribution in [0.1, 0.15) is 31.4 Å². The summed E-state index contributed by atoms with van der Waals surface area (Å²) in [6.07, 6.45) is 2.28. The number of rotatable bonds is 8. The van der Waals surface area contributed by atoms with E-state index in [0.29, 0.717) is 13.0 Å². The van der Waals surface area contributed by atoms with Crippen molar-refractivity contribution in [3.63, 3.8) is 0 Å². The van der Waals surface area contributed by atoms with E-state index in [1.165, 1.54) is 16.8 Å². The predicted octanol–water partition coefficient (Wildman–Crippen LogP) is 4.00. The molecule has 2 aromatic rings. The molecule has 2 N–H and O–H groups in total. The Morgan fingerprint density at radius 2 is 1.55 bits per heavy atom. The number of nitrogens with zero attached hydrogens (tertiary/aromatic N) is 2. The third-order valence-electron chi connectivity index (χ3n) is 5.68. The second-order valence-electron chi connectivity index (χ2n) is 7.72. The van der Waals surface area contributed by atoms with Crippen LogP contribution in [0.25, 0.3) is 0 Å². The molecule has 5 heteroatoms. The number of carbonyl (C=O) groups is 1. The topological polar surface area (TPSA) is 47.6 Å². The van der Waals surface area contributed by atoms with Gasteiger partial charge in [-0.1, -0.05) is 32.0 Å². The Bertz CT molecular complexity index is 773. The minimum Gasteiger partial charge on any atom is -0.385 e. The highest BCUT2D eigenvalue weighted by Gasteiger charge is 2.14. The number of nitrogens with one attached hydrogen (secondary N) is 2. The zero-order valence-corrected chi connectivity index (χ0v) is 18.0. The Morgan fingerprint density at radius 1 is 0.931 bits per heavy atom. The second kappa shape index (κ2) is 10.3. The summed E-state index contributed by atoms with van der Waals surface area (Å²) in [5.41, 5.74) is 5.72. The lowest BCUT2D eigenvalue weighted by atomic mass is 10.0. The van der Waals surface area contributed by atoms with Gasteiger partial charge in [-0.15, -0.1) is 0 Å². The molecule has 1 aliphatic rings. The van der Waals surface area contributed by atoms with Gasteiger partial charge in [0.1, 0.15) is 0 Å². The predicted molar refractivity (Wildman–Crippen MR) is 123 cm³/mol. The summed E-state index contributed by atoms with van der Waals surface area (Å²) in [5.74, 6) is 0.0576. The zero-order chi connectivity index (χ0) is 20.6. The van der Waals surface area contributed by atoms with Gasteiger partial charge in [-0.2, -0.15) is 0 Å². The van der Waals surface area contributed by atoms with Crippen molar-refractivity contribution in [1.29, 1.82) is 0 Å². The molecule has 5 nitrogen and oxygen atoms in total. The number of likely N-dealkylation sites (N-methyl/N-ethyl adjacent to an activating group) is 1. The van der Waals surface area contributed by atoms with Crippen molar-refractivity contribution in [2.75, 3.05) is 55.3 Å². The maximum atomic E-state index is 12.5. The second-order valence-corrected chi connectivity index (χ2v) is 7.72. The van der Waals surface area contributed by atoms with Crippen LogP contribution < -0.4 is 15.5 Å². The fourth-order valence-corrected chi connectivity index (χ4v) is 3.78. The first-order valence-electron chi connectivity index (χ1n) is 10.8. The highest BCUT2D eigenvalue weighted by molar-refractivity contribution is 5.92. The van der Waals surface area contributed by atoms with Crippen molar-refractivity contribution >= 4 is 23.0 Å². The van der Waals surface area contributed by atoms with Gasteiger partial charge in [0.05, 0.1) is 0 Å². The van der Waals surface area contributed by atoms with E-state index in [0.717, 1.165) is 50.4 Å². The molecule has 3 rings (SSSR count). The zero-order valence-electron chi connectivity index (χ0n) is 18.0. The average Bonchev–Trinajstić information content (AvgIpc) is 2.75. The summed E-state index contributed by atoms with van der Waals surface area (Å²) in [6.45, 7) is 9.22. The molecule has 0 bridgehead atoms. The van der Waals surface area contributed by atoms with E-state index in [9.17, 15) is 4.79 Å². The molecule has 0 radical (unpaired) electrons. The summed E-state index contributed by atoms with van der Waals surface area (Å²) in [6, 6.07) is 14.8. The third-order valence-corrected chi connectivity index (χ3v) is 5.68. The van der Waals surface area contributed by atoms with Crippen molar-refractivity contribution in [2.24, 2.45) is 0 Å². The Morgan fingerprint density at radius 3 is 2.14 bits per heavy atom. The standard InChI is InChI=1S/C24H34N4O/c1-4-19-7-6-8-20(5-2)24(19)26-23(29)13-14-25-21-9-11-22(12-10-21)28-17-15-27(3)16-18-28/h6-12,25H,4-5,13-18H2,1-3H3,(H,26,29). The highest BCUT2D eigenvalue weighted by Crippen LogP contribution is 2.23. The van der Waals surface area contributed by atoms with Crippen molar-refractivity contribution < 1.29 is 4.79 Å². The van der Waals surface area contributed by atoms with Gasteiger partial charge in [0, 0.05) is 56.2 Å². The lowest BCUT2D eigenvalue weighted by molar-refractivity contribution is -0.115. The van der Waals surface area contributed by atoms with E-state index in [2.05, 4.69) is 83.8 Å². The highest BCUT2D eigenvalue weighted by atomic mass is 16.1. The Kier molecular flexibility index (Phi) is 7.53. The van der Waals surface area contributed by atoms with E-state index in [1.807, 2.05) is 0 Å². The SMILES string of the molecule is CCc1cccc(CC)c1NC(=O)CCNc1ccc(N2CCN(C)CC2)cc1. The molecule has 0 saturated carbocycles. The molecule has 2 aromatic carbocycles. The Labute approximate surface area is 175 Å². The van der Waals surface area contributed by atoms with Crippen LogP contribution in [0, 0.1) is 0 Å². The minimum atomic E-state index is 0.0576. The van der Waals surface area contributed by atoms with E-state index in [1.54, 1.807) is 0 Å². The van der Waals surface area contributed by atoms with Crippen LogP contribution in [0.15, 0.2) is 42.5 Å². The first kappa shape index (κ1) is 21.2. The molecular formula is C24H34N4O. The fourth-order valence-electron chi connectivity index (χ4n) is 3.78. The van der Waals surface area contributed by atoms with Crippen molar-refractivity contribution in [2.45, 2.75) is 33.1 Å². The maximum absolute atomic E-state index is 12.5. The number of aryl methyl sites for hydroxylation is 2. The van der Waals surface area contributed by atoms with Crippen LogP contribution in [0.2, 0.25) is 0 Å². The summed E-state index contributed by atoms with van der Waals surface area (Å²) in [7, 11) is 2.17. The van der Waals surface area contributed by atoms with Gasteiger partial charge in [-0.25, -0.2) is 0 Å². The van der Waals surface area contributed by atoms with Crippen molar-refractivity contribution in [3.8, 4) is 0 Å². The van der Waals surface area contributed by atoms with Crippen LogP contribution in [-0.2, 0) is 17.6 Å². The number of benzene rings is 2. The summed E-state index contributed by atoms with van der Waals surface area (Å²) < 4.78 is 0. The monoisotopic (exact) mass is 394 g/mol. The molecule has 156 valence electrons. The number of piperazine rings is 1. The van der Waals surface area contributed by atoms with Crippen LogP contribution >= 0.6 is 0 Å². The molecular weight excluding hydrogens is 360 g/mol. The van der Waals surface area contributed by atoms with E-state index in [4.69, 9.17) is 0 Å². The Hall–Kier alpha value is -2.53. The first-order valence-corrected chi connectivity index (χ1v) is 10.8. The van der Waals surface area contributed by atoms with Crippen molar-refractivity contribution in [3.05, 3.63) is 53.6 Å². The normalized spacial score (nSPS) is 14.7. The summed E-state index contributed by atoms with van der Waals surface area (Å²) in [4.78, 5) is 17.2. The van der Waals surface area contributed by atoms with Crippen molar-refractivity contribution in [1.82, 2.24) is 4.90 Å². The molecule has 0 spiro atoms. The maximum Gasteiger partial charge on any atom is 0.226 e. The van der Waals surface area contributed by atoms with E-state index < -0.39 is 0 Å². The lowest BCUT2D eigenvalue weighted by Gasteiger charge is -2.34. The van der Waals surface area contributed by atoms with Gasteiger partial charge in [0.2, 0.25) is 5.91 Å². The third kappa shape index (κ3) is 5.73. The van der Waals surface area contributed by atoms with Crippen LogP contribution in [-0.4, -0.2) is 50.6 Å². The number of carbonyl (C=O) groups excluding carboxylic acids is 1. The van der Waals surface area contributed by atoms with Gasteiger partial charge in [0.15, 0.2) is 0 Å². The molecule has 0 aliphatic carbocycles. The molecule has 1 amide bonds. The molecule has 1 aliphatic heterocycles. The molecule has 0 atom stereocenters. The van der Waals surface area contributed by atoms with Crippen LogP contribution in [0.4, 0.5) is 17.1 Å². The number of hydrogen-bond acceptors (Lipinski definition) is 4. The van der Waals surface area contributed by atoms with E-state index >= 15 is 0 Å². The Balaban J connectivity index is 1.48. The van der Waals surface area contributed by atoms with Gasteiger partial charge < -0.3 is 20.4 Å². The minimum absolute atomic E-state index is 0.0576. The van der Waals surface area contributed by atoms with Gasteiger partial charge in [-0.05, 0) is 55.3 Å². The quantitative estimate of drug-likeness (QED) is 0.710. The fraction of sp³-hybridized carbons (Fsp3) is 0.458. The van der Waals surface area contributed by atoms with Gasteiger partial charge in [0.25, 0.3) is 0 Å². The number of anilines is 3. The van der Waals surface area contributed by atoms with Gasteiger partial charge >= 0.3 is 0 Å². The molecule has 0 unspecified atom stereocenters.